The van der Waals surface area contributed by atoms with Crippen molar-refractivity contribution in [1.29, 1.82) is 0 Å². The first-order valence-corrected chi connectivity index (χ1v) is 10.8. The van der Waals surface area contributed by atoms with Crippen LogP contribution in [0.25, 0.3) is 0 Å². The molecule has 2 aromatic heterocycles. The molecule has 0 aliphatic heterocycles. The number of thioether (sulfide) groups is 1. The zero-order valence-corrected chi connectivity index (χ0v) is 18.6. The van der Waals surface area contributed by atoms with Crippen molar-refractivity contribution in [1.82, 2.24) is 19.3 Å². The molecule has 3 rings (SSSR count). The van der Waals surface area contributed by atoms with Crippen LogP contribution in [0.4, 0.5) is 11.4 Å². The molecule has 164 valence electrons. The van der Waals surface area contributed by atoms with Crippen LogP contribution in [0, 0.1) is 0 Å². The Kier molecular flexibility index (Phi) is 7.85. The Morgan fingerprint density at radius 1 is 1.13 bits per heavy atom. The fourth-order valence-electron chi connectivity index (χ4n) is 3.01. The van der Waals surface area contributed by atoms with Gasteiger partial charge in [-0.15, -0.1) is 10.2 Å². The number of nitrogens with one attached hydrogen (secondary N) is 2. The molecule has 0 atom stereocenters. The number of rotatable bonds is 10. The van der Waals surface area contributed by atoms with Gasteiger partial charge in [-0.05, 0) is 30.3 Å². The van der Waals surface area contributed by atoms with Gasteiger partial charge in [0.05, 0.1) is 12.4 Å². The Balaban J connectivity index is 1.64. The van der Waals surface area contributed by atoms with Gasteiger partial charge in [0.1, 0.15) is 5.82 Å². The van der Waals surface area contributed by atoms with E-state index >= 15 is 0 Å². The fraction of sp³-hybridized carbons (Fsp3) is 0.333. The maximum Gasteiger partial charge on any atom is 0.234 e. The summed E-state index contributed by atoms with van der Waals surface area (Å²) in [7, 11) is 3.64. The van der Waals surface area contributed by atoms with E-state index in [2.05, 4.69) is 20.8 Å². The predicted molar refractivity (Wildman–Crippen MR) is 120 cm³/mol. The standard InChI is InChI=1S/C21H26N6O3S/c1-15(28)22-16-6-4-7-17(12-16)23-20(29)14-31-21-25-24-19(27(21)10-11-30-3)13-18-8-5-9-26(18)2/h4-9,12H,10-11,13-14H2,1-3H3,(H,22,28)(H,23,29). The largest absolute Gasteiger partial charge is 0.383 e. The van der Waals surface area contributed by atoms with Crippen LogP contribution in [0.5, 0.6) is 0 Å². The molecule has 0 aliphatic rings. The zero-order chi connectivity index (χ0) is 22.2. The summed E-state index contributed by atoms with van der Waals surface area (Å²) in [5.41, 5.74) is 2.36. The molecule has 0 saturated carbocycles. The van der Waals surface area contributed by atoms with Crippen LogP contribution in [0.3, 0.4) is 0 Å². The lowest BCUT2D eigenvalue weighted by Gasteiger charge is -2.11. The minimum Gasteiger partial charge on any atom is -0.383 e. The van der Waals surface area contributed by atoms with Crippen LogP contribution in [0.15, 0.2) is 47.8 Å². The van der Waals surface area contributed by atoms with E-state index in [-0.39, 0.29) is 17.6 Å². The average Bonchev–Trinajstić information content (AvgIpc) is 3.30. The van der Waals surface area contributed by atoms with Crippen LogP contribution < -0.4 is 10.6 Å². The van der Waals surface area contributed by atoms with E-state index in [0.29, 0.717) is 36.1 Å². The first-order valence-electron chi connectivity index (χ1n) is 9.78. The smallest absolute Gasteiger partial charge is 0.234 e. The number of hydrogen-bond donors (Lipinski definition) is 2. The van der Waals surface area contributed by atoms with Gasteiger partial charge >= 0.3 is 0 Å². The normalized spacial score (nSPS) is 10.8. The maximum absolute atomic E-state index is 12.4. The average molecular weight is 443 g/mol. The third kappa shape index (κ3) is 6.43. The van der Waals surface area contributed by atoms with E-state index in [9.17, 15) is 9.59 Å². The highest BCUT2D eigenvalue weighted by atomic mass is 32.2. The summed E-state index contributed by atoms with van der Waals surface area (Å²) in [5, 5.41) is 14.8. The van der Waals surface area contributed by atoms with Gasteiger partial charge in [-0.3, -0.25) is 9.59 Å². The SMILES string of the molecule is COCCn1c(Cc2cccn2C)nnc1SCC(=O)Nc1cccc(NC(C)=O)c1. The monoisotopic (exact) mass is 442 g/mol. The van der Waals surface area contributed by atoms with Gasteiger partial charge in [0.2, 0.25) is 11.8 Å². The molecule has 0 unspecified atom stereocenters. The van der Waals surface area contributed by atoms with Gasteiger partial charge in [0.15, 0.2) is 5.16 Å². The topological polar surface area (TPSA) is 103 Å². The summed E-state index contributed by atoms with van der Waals surface area (Å²) in [6, 6.07) is 11.1. The molecular weight excluding hydrogens is 416 g/mol. The number of aryl methyl sites for hydroxylation is 1. The van der Waals surface area contributed by atoms with E-state index < -0.39 is 0 Å². The second kappa shape index (κ2) is 10.8. The molecule has 2 N–H and O–H groups in total. The summed E-state index contributed by atoms with van der Waals surface area (Å²) in [6.07, 6.45) is 2.63. The summed E-state index contributed by atoms with van der Waals surface area (Å²) < 4.78 is 9.27. The minimum atomic E-state index is -0.171. The molecule has 10 heteroatoms. The molecule has 9 nitrogen and oxygen atoms in total. The maximum atomic E-state index is 12.4. The van der Waals surface area contributed by atoms with Gasteiger partial charge < -0.3 is 24.5 Å². The van der Waals surface area contributed by atoms with Gasteiger partial charge in [0.25, 0.3) is 0 Å². The molecule has 0 radical (unpaired) electrons. The van der Waals surface area contributed by atoms with Crippen molar-refractivity contribution in [3.63, 3.8) is 0 Å². The quantitative estimate of drug-likeness (QED) is 0.468. The molecule has 0 fully saturated rings. The zero-order valence-electron chi connectivity index (χ0n) is 17.8. The highest BCUT2D eigenvalue weighted by molar-refractivity contribution is 7.99. The number of carbonyl (C=O) groups excluding carboxylic acids is 2. The number of nitrogens with zero attached hydrogens (tertiary/aromatic N) is 4. The van der Waals surface area contributed by atoms with Crippen molar-refractivity contribution in [2.45, 2.75) is 25.0 Å². The number of amides is 2. The van der Waals surface area contributed by atoms with Crippen LogP contribution >= 0.6 is 11.8 Å². The number of ether oxygens (including phenoxy) is 1. The van der Waals surface area contributed by atoms with Crippen molar-refractivity contribution >= 4 is 35.0 Å². The summed E-state index contributed by atoms with van der Waals surface area (Å²) in [4.78, 5) is 23.7. The van der Waals surface area contributed by atoms with Crippen LogP contribution in [-0.2, 0) is 34.3 Å². The first kappa shape index (κ1) is 22.6. The number of aromatic nitrogens is 4. The molecule has 0 bridgehead atoms. The van der Waals surface area contributed by atoms with Gasteiger partial charge in [0, 0.05) is 57.3 Å². The molecule has 1 aromatic carbocycles. The third-order valence-electron chi connectivity index (χ3n) is 4.50. The van der Waals surface area contributed by atoms with E-state index in [1.54, 1.807) is 31.4 Å². The third-order valence-corrected chi connectivity index (χ3v) is 5.47. The second-order valence-corrected chi connectivity index (χ2v) is 7.87. The molecule has 2 amide bonds. The van der Waals surface area contributed by atoms with Crippen molar-refractivity contribution in [2.24, 2.45) is 7.05 Å². The molecule has 3 aromatic rings. The molecule has 0 spiro atoms. The number of methoxy groups -OCH3 is 1. The lowest BCUT2D eigenvalue weighted by molar-refractivity contribution is -0.114. The highest BCUT2D eigenvalue weighted by Gasteiger charge is 2.15. The summed E-state index contributed by atoms with van der Waals surface area (Å²) >= 11 is 1.32. The van der Waals surface area contributed by atoms with E-state index in [1.807, 2.05) is 34.5 Å². The lowest BCUT2D eigenvalue weighted by Crippen LogP contribution is -2.16. The second-order valence-electron chi connectivity index (χ2n) is 6.93. The number of benzene rings is 1. The Bertz CT molecular complexity index is 1050. The van der Waals surface area contributed by atoms with Crippen molar-refractivity contribution in [2.75, 3.05) is 30.1 Å². The van der Waals surface area contributed by atoms with Gasteiger partial charge in [-0.25, -0.2) is 0 Å². The van der Waals surface area contributed by atoms with Crippen LogP contribution in [-0.4, -0.2) is 50.6 Å². The van der Waals surface area contributed by atoms with Crippen molar-refractivity contribution in [3.8, 4) is 0 Å². The molecule has 0 saturated heterocycles. The fourth-order valence-corrected chi connectivity index (χ4v) is 3.79. The van der Waals surface area contributed by atoms with E-state index in [0.717, 1.165) is 11.5 Å². The molecule has 0 aliphatic carbocycles. The van der Waals surface area contributed by atoms with Crippen LogP contribution in [0.2, 0.25) is 0 Å². The van der Waals surface area contributed by atoms with E-state index in [4.69, 9.17) is 4.74 Å². The van der Waals surface area contributed by atoms with Gasteiger partial charge in [-0.2, -0.15) is 0 Å². The Morgan fingerprint density at radius 3 is 2.58 bits per heavy atom. The minimum absolute atomic E-state index is 0.166. The van der Waals surface area contributed by atoms with Crippen molar-refractivity contribution in [3.05, 3.63) is 54.1 Å². The highest BCUT2D eigenvalue weighted by Crippen LogP contribution is 2.20. The number of hydrogen-bond acceptors (Lipinski definition) is 6. The van der Waals surface area contributed by atoms with Gasteiger partial charge in [-0.1, -0.05) is 17.8 Å². The van der Waals surface area contributed by atoms with Crippen LogP contribution in [0.1, 0.15) is 18.4 Å². The first-order chi connectivity index (χ1) is 15.0. The summed E-state index contributed by atoms with van der Waals surface area (Å²) in [5.74, 6) is 0.667. The van der Waals surface area contributed by atoms with Crippen molar-refractivity contribution < 1.29 is 14.3 Å². The molecule has 2 heterocycles. The lowest BCUT2D eigenvalue weighted by atomic mass is 10.2. The summed E-state index contributed by atoms with van der Waals surface area (Å²) in [6.45, 7) is 2.56. The Hall–Kier alpha value is -3.11. The Labute approximate surface area is 185 Å². The number of carbonyl (C=O) groups is 2. The predicted octanol–water partition coefficient (Wildman–Crippen LogP) is 2.54. The molecular formula is C21H26N6O3S. The Morgan fingerprint density at radius 2 is 1.90 bits per heavy atom. The van der Waals surface area contributed by atoms with E-state index in [1.165, 1.54) is 18.7 Å². The molecule has 31 heavy (non-hydrogen) atoms. The number of anilines is 2.